The average molecular weight is 966 g/mol. The number of carbonyl (C=O) groups is 8. The quantitative estimate of drug-likeness (QED) is 0.0364. The maximum Gasteiger partial charge on any atom is 0.245 e. The van der Waals surface area contributed by atoms with Crippen molar-refractivity contribution in [3.8, 4) is 0 Å². The molecule has 1 aliphatic heterocycles. The fourth-order valence-electron chi connectivity index (χ4n) is 7.28. The Morgan fingerprint density at radius 1 is 0.464 bits per heavy atom. The van der Waals surface area contributed by atoms with Crippen molar-refractivity contribution in [3.63, 3.8) is 0 Å². The first kappa shape index (κ1) is 56.6. The van der Waals surface area contributed by atoms with Crippen LogP contribution in [-0.4, -0.2) is 145 Å². The predicted molar refractivity (Wildman–Crippen MR) is 256 cm³/mol. The van der Waals surface area contributed by atoms with Crippen molar-refractivity contribution >= 4 is 53.2 Å². The van der Waals surface area contributed by atoms with Gasteiger partial charge in [0.25, 0.3) is 0 Å². The van der Waals surface area contributed by atoms with E-state index in [0.29, 0.717) is 31.2 Å². The van der Waals surface area contributed by atoms with Crippen LogP contribution in [0.1, 0.15) is 75.8 Å². The summed E-state index contributed by atoms with van der Waals surface area (Å²) in [6.45, 7) is 0.0892. The highest BCUT2D eigenvalue weighted by Gasteiger charge is 2.35. The lowest BCUT2D eigenvalue weighted by atomic mass is 10.0. The van der Waals surface area contributed by atoms with Crippen LogP contribution in [0.2, 0.25) is 0 Å². The molecule has 380 valence electrons. The van der Waals surface area contributed by atoms with Crippen LogP contribution >= 0.6 is 0 Å². The minimum absolute atomic E-state index is 0.0174. The Labute approximate surface area is 401 Å². The molecule has 1 saturated heterocycles. The van der Waals surface area contributed by atoms with E-state index in [1.54, 1.807) is 60.7 Å². The average Bonchev–Trinajstić information content (AvgIpc) is 3.33. The number of carbonyl (C=O) groups excluding carboxylic acids is 8. The second-order valence-corrected chi connectivity index (χ2v) is 16.8. The third-order valence-corrected chi connectivity index (χ3v) is 11.2. The molecule has 0 aromatic heterocycles. The van der Waals surface area contributed by atoms with Crippen LogP contribution in [0.3, 0.4) is 0 Å². The number of benzene rings is 2. The number of aliphatic hydroxyl groups excluding tert-OH is 2. The Kier molecular flexibility index (Phi) is 25.1. The zero-order valence-electron chi connectivity index (χ0n) is 39.1. The highest BCUT2D eigenvalue weighted by molar-refractivity contribution is 5.99. The molecule has 2 aromatic rings. The molecule has 1 heterocycles. The number of nitrogens with two attached hydrogens (primary N) is 4. The van der Waals surface area contributed by atoms with E-state index in [9.17, 15) is 48.6 Å². The van der Waals surface area contributed by atoms with Gasteiger partial charge in [0.15, 0.2) is 5.96 Å². The lowest BCUT2D eigenvalue weighted by Gasteiger charge is -2.28. The number of rotatable bonds is 19. The molecule has 0 saturated carbocycles. The van der Waals surface area contributed by atoms with Crippen molar-refractivity contribution < 1.29 is 48.6 Å². The van der Waals surface area contributed by atoms with Gasteiger partial charge >= 0.3 is 0 Å². The van der Waals surface area contributed by atoms with Crippen molar-refractivity contribution in [3.05, 3.63) is 71.8 Å². The van der Waals surface area contributed by atoms with E-state index in [4.69, 9.17) is 22.9 Å². The van der Waals surface area contributed by atoms with Gasteiger partial charge in [0.05, 0.1) is 13.2 Å². The summed E-state index contributed by atoms with van der Waals surface area (Å²) in [5, 5.41) is 41.4. The summed E-state index contributed by atoms with van der Waals surface area (Å²) in [5.41, 5.74) is 23.9. The third kappa shape index (κ3) is 20.2. The van der Waals surface area contributed by atoms with Crippen molar-refractivity contribution in [2.45, 2.75) is 126 Å². The molecule has 0 unspecified atom stereocenters. The zero-order valence-corrected chi connectivity index (χ0v) is 39.1. The van der Waals surface area contributed by atoms with Gasteiger partial charge in [0.2, 0.25) is 47.3 Å². The van der Waals surface area contributed by atoms with E-state index < -0.39 is 109 Å². The standard InChI is InChI=1S/C46H71N13O10/c1-28-38(62)53-31(17-8-10-22-47)39(63)55-33(19-12-24-51-46(49)50)40(64)54-32(18-9-11-23-48)41(65)58-36(26-60)44(68)56-34(21-20-29-13-4-2-5-14-29)42(66)59-37(27-61)45(69)57-35(43(67)52-28)25-30-15-6-3-7-16-30/h2-7,13-16,28,31-37,60-61H,8-12,17-27,47-48H2,1H3,(H,52,67)(H,53,62)(H,54,64)(H,55,63)(H,56,68)(H,57,69)(H,58,65)(H,59,66)(H4,49,50,51)/t28-,31+,32+,33+,34+,35-,36+,37+/m1/s1. The van der Waals surface area contributed by atoms with Crippen LogP contribution in [0, 0.1) is 0 Å². The molecule has 8 atom stereocenters. The largest absolute Gasteiger partial charge is 0.394 e. The number of hydrogen-bond donors (Lipinski definition) is 14. The Bertz CT molecular complexity index is 2010. The minimum Gasteiger partial charge on any atom is -0.394 e. The maximum absolute atomic E-state index is 14.1. The van der Waals surface area contributed by atoms with Gasteiger partial charge in [-0.3, -0.25) is 43.3 Å². The van der Waals surface area contributed by atoms with E-state index in [-0.39, 0.29) is 70.5 Å². The molecule has 0 spiro atoms. The molecule has 0 aliphatic carbocycles. The van der Waals surface area contributed by atoms with Crippen LogP contribution in [0.5, 0.6) is 0 Å². The number of nitrogens with one attached hydrogen (secondary N) is 8. The number of nitrogens with zero attached hydrogens (tertiary/aromatic N) is 1. The molecule has 23 heteroatoms. The number of hydrogen-bond acceptors (Lipinski definition) is 13. The Balaban J connectivity index is 2.11. The van der Waals surface area contributed by atoms with Gasteiger partial charge < -0.3 is 75.7 Å². The van der Waals surface area contributed by atoms with Crippen LogP contribution in [0.15, 0.2) is 65.7 Å². The van der Waals surface area contributed by atoms with Gasteiger partial charge in [-0.25, -0.2) is 0 Å². The zero-order chi connectivity index (χ0) is 50.7. The summed E-state index contributed by atoms with van der Waals surface area (Å²) in [6, 6.07) is 6.26. The van der Waals surface area contributed by atoms with Crippen LogP contribution in [0.4, 0.5) is 0 Å². The summed E-state index contributed by atoms with van der Waals surface area (Å²) >= 11 is 0. The monoisotopic (exact) mass is 966 g/mol. The number of guanidine groups is 1. The molecule has 3 rings (SSSR count). The van der Waals surface area contributed by atoms with Crippen LogP contribution in [0.25, 0.3) is 0 Å². The van der Waals surface area contributed by atoms with E-state index in [1.165, 1.54) is 6.92 Å². The van der Waals surface area contributed by atoms with E-state index in [2.05, 4.69) is 47.5 Å². The van der Waals surface area contributed by atoms with E-state index in [1.807, 2.05) is 0 Å². The highest BCUT2D eigenvalue weighted by Crippen LogP contribution is 2.11. The maximum atomic E-state index is 14.1. The number of aliphatic imine (C=N–C) groups is 1. The Morgan fingerprint density at radius 2 is 0.826 bits per heavy atom. The van der Waals surface area contributed by atoms with Crippen molar-refractivity contribution in [2.75, 3.05) is 32.8 Å². The highest BCUT2D eigenvalue weighted by atomic mass is 16.3. The lowest BCUT2D eigenvalue weighted by molar-refractivity contribution is -0.137. The van der Waals surface area contributed by atoms with Crippen LogP contribution < -0.4 is 65.5 Å². The topological polar surface area (TPSA) is 390 Å². The van der Waals surface area contributed by atoms with Gasteiger partial charge in [-0.15, -0.1) is 0 Å². The Hall–Kier alpha value is -6.69. The van der Waals surface area contributed by atoms with Crippen molar-refractivity contribution in [1.29, 1.82) is 0 Å². The summed E-state index contributed by atoms with van der Waals surface area (Å²) in [7, 11) is 0. The molecular formula is C46H71N13O10. The first-order valence-corrected chi connectivity index (χ1v) is 23.3. The molecule has 18 N–H and O–H groups in total. The van der Waals surface area contributed by atoms with Crippen LogP contribution in [-0.2, 0) is 51.2 Å². The lowest BCUT2D eigenvalue weighted by Crippen LogP contribution is -2.62. The SMILES string of the molecule is C[C@H]1NC(=O)[C@@H](Cc2ccccc2)NC(=O)[C@H](CO)NC(=O)[C@H](CCc2ccccc2)NC(=O)[C@H](CO)NC(=O)[C@H](CCCCN)NC(=O)[C@H](CCCN=C(N)N)NC(=O)[C@H](CCCCN)NC1=O. The second kappa shape index (κ2) is 30.6. The molecule has 23 nitrogen and oxygen atoms in total. The smallest absolute Gasteiger partial charge is 0.245 e. The second-order valence-electron chi connectivity index (χ2n) is 16.8. The van der Waals surface area contributed by atoms with Gasteiger partial charge in [-0.05, 0) is 95.3 Å². The molecule has 2 aromatic carbocycles. The van der Waals surface area contributed by atoms with Gasteiger partial charge in [-0.1, -0.05) is 60.7 Å². The van der Waals surface area contributed by atoms with Crippen molar-refractivity contribution in [1.82, 2.24) is 42.5 Å². The summed E-state index contributed by atoms with van der Waals surface area (Å²) in [5.74, 6) is -7.16. The van der Waals surface area contributed by atoms with Gasteiger partial charge in [-0.2, -0.15) is 0 Å². The number of aliphatic hydroxyl groups is 2. The first-order chi connectivity index (χ1) is 33.1. The third-order valence-electron chi connectivity index (χ3n) is 11.2. The van der Waals surface area contributed by atoms with E-state index in [0.717, 1.165) is 5.56 Å². The van der Waals surface area contributed by atoms with Gasteiger partial charge in [0, 0.05) is 13.0 Å². The first-order valence-electron chi connectivity index (χ1n) is 23.3. The summed E-state index contributed by atoms with van der Waals surface area (Å²) in [6.07, 6.45) is 1.97. The van der Waals surface area contributed by atoms with Crippen molar-refractivity contribution in [2.24, 2.45) is 27.9 Å². The summed E-state index contributed by atoms with van der Waals surface area (Å²) < 4.78 is 0. The molecule has 8 amide bonds. The fourth-order valence-corrected chi connectivity index (χ4v) is 7.28. The molecule has 0 bridgehead atoms. The number of unbranched alkanes of at least 4 members (excludes halogenated alkanes) is 2. The summed E-state index contributed by atoms with van der Waals surface area (Å²) in [4.78, 5) is 116. The molecule has 69 heavy (non-hydrogen) atoms. The number of aryl methyl sites for hydroxylation is 1. The number of amides is 8. The molecule has 1 aliphatic rings. The fraction of sp³-hybridized carbons (Fsp3) is 0.543. The molecule has 1 fully saturated rings. The molecular weight excluding hydrogens is 895 g/mol. The minimum atomic E-state index is -1.66. The van der Waals surface area contributed by atoms with E-state index >= 15 is 0 Å². The van der Waals surface area contributed by atoms with Gasteiger partial charge in [0.1, 0.15) is 48.3 Å². The normalized spacial score (nSPS) is 23.9. The predicted octanol–water partition coefficient (Wildman–Crippen LogP) is -3.93. The molecule has 0 radical (unpaired) electrons. The Morgan fingerprint density at radius 3 is 1.26 bits per heavy atom.